The molecule has 0 saturated carbocycles. The van der Waals surface area contributed by atoms with Crippen LogP contribution in [0.1, 0.15) is 38.7 Å². The first-order chi connectivity index (χ1) is 27.8. The summed E-state index contributed by atoms with van der Waals surface area (Å²) in [7, 11) is 0. The number of aromatic nitrogens is 1. The highest BCUT2D eigenvalue weighted by molar-refractivity contribution is 6.16. The molecule has 11 N–H and O–H groups in total. The summed E-state index contributed by atoms with van der Waals surface area (Å²) in [5, 5.41) is 27.6. The van der Waals surface area contributed by atoms with Crippen LogP contribution in [0.4, 0.5) is 0 Å². The Morgan fingerprint density at radius 1 is 0.776 bits per heavy atom. The van der Waals surface area contributed by atoms with Gasteiger partial charge in [-0.2, -0.15) is 0 Å². The third-order valence-corrected chi connectivity index (χ3v) is 10.2. The Morgan fingerprint density at radius 3 is 2.07 bits per heavy atom. The van der Waals surface area contributed by atoms with Crippen molar-refractivity contribution >= 4 is 73.9 Å². The van der Waals surface area contributed by atoms with E-state index in [0.29, 0.717) is 5.56 Å². The monoisotopic (exact) mass is 789 g/mol. The molecule has 5 aromatic rings. The number of amides is 5. The van der Waals surface area contributed by atoms with Crippen LogP contribution in [0, 0.1) is 5.92 Å². The predicted molar refractivity (Wildman–Crippen MR) is 220 cm³/mol. The van der Waals surface area contributed by atoms with Gasteiger partial charge >= 0.3 is 5.97 Å². The summed E-state index contributed by atoms with van der Waals surface area (Å²) < 4.78 is 0. The van der Waals surface area contributed by atoms with Crippen molar-refractivity contribution in [1.29, 1.82) is 0 Å². The Kier molecular flexibility index (Phi) is 12.5. The van der Waals surface area contributed by atoms with E-state index in [9.17, 15) is 33.9 Å². The maximum Gasteiger partial charge on any atom is 0.305 e. The number of hydrogen-bond acceptors (Lipinski definition) is 7. The van der Waals surface area contributed by atoms with Gasteiger partial charge in [-0.15, -0.1) is 0 Å². The molecule has 16 heteroatoms. The number of rotatable bonds is 10. The topological polar surface area (TPSA) is 263 Å². The van der Waals surface area contributed by atoms with Gasteiger partial charge in [-0.05, 0) is 57.5 Å². The van der Waals surface area contributed by atoms with Crippen molar-refractivity contribution < 1.29 is 33.9 Å². The number of H-pyrrole nitrogens is 1. The minimum Gasteiger partial charge on any atom is -0.481 e. The molecule has 6 rings (SSSR count). The van der Waals surface area contributed by atoms with Crippen LogP contribution in [0.3, 0.4) is 0 Å². The zero-order chi connectivity index (χ0) is 41.5. The van der Waals surface area contributed by atoms with Crippen molar-refractivity contribution in [2.45, 2.75) is 63.7 Å². The summed E-state index contributed by atoms with van der Waals surface area (Å²) in [6, 6.07) is 19.0. The van der Waals surface area contributed by atoms with Gasteiger partial charge in [0.25, 0.3) is 0 Å². The minimum absolute atomic E-state index is 0.0784. The highest BCUT2D eigenvalue weighted by Crippen LogP contribution is 2.40. The number of nitrogens with zero attached hydrogens (tertiary/aromatic N) is 1. The van der Waals surface area contributed by atoms with E-state index in [1.165, 1.54) is 0 Å². The van der Waals surface area contributed by atoms with Crippen molar-refractivity contribution in [3.63, 3.8) is 0 Å². The molecule has 1 fully saturated rings. The summed E-state index contributed by atoms with van der Waals surface area (Å²) in [6.07, 6.45) is 1.23. The fraction of sp³-hybridized carbons (Fsp3) is 0.310. The molecule has 5 amide bonds. The molecular formula is C42H47N9O7. The van der Waals surface area contributed by atoms with Crippen molar-refractivity contribution in [1.82, 2.24) is 31.6 Å². The summed E-state index contributed by atoms with van der Waals surface area (Å²) in [5.41, 5.74) is 14.2. The van der Waals surface area contributed by atoms with Gasteiger partial charge in [-0.1, -0.05) is 80.6 Å². The van der Waals surface area contributed by atoms with Crippen LogP contribution >= 0.6 is 0 Å². The van der Waals surface area contributed by atoms with E-state index in [1.807, 2.05) is 42.5 Å². The quantitative estimate of drug-likeness (QED) is 0.0433. The van der Waals surface area contributed by atoms with Crippen LogP contribution in [0.2, 0.25) is 0 Å². The number of aliphatic carboxylic acids is 1. The SMILES string of the molecule is CC(C)[C@@H]1NC(=O)[C@@H](Cc2c[nH]c3c(-c4c5ccccc5cc5ccccc45)cccc23)NC(=O)[C@H](CC(=O)O)NC(=O)CNC(=O)[C@H](CCCN=C(N)N)NC1=O. The number of carbonyl (C=O) groups excluding carboxylic acids is 5. The van der Waals surface area contributed by atoms with Crippen LogP contribution in [0.25, 0.3) is 43.6 Å². The zero-order valence-electron chi connectivity index (χ0n) is 32.1. The van der Waals surface area contributed by atoms with Gasteiger partial charge in [0.1, 0.15) is 24.2 Å². The number of carboxylic acids is 1. The third kappa shape index (κ3) is 9.34. The second-order valence-electron chi connectivity index (χ2n) is 14.7. The highest BCUT2D eigenvalue weighted by atomic mass is 16.4. The predicted octanol–water partition coefficient (Wildman–Crippen LogP) is 1.94. The zero-order valence-corrected chi connectivity index (χ0v) is 32.1. The number of aromatic amines is 1. The summed E-state index contributed by atoms with van der Waals surface area (Å²) >= 11 is 0. The fourth-order valence-corrected chi connectivity index (χ4v) is 7.34. The van der Waals surface area contributed by atoms with E-state index in [2.05, 4.69) is 66.9 Å². The Bertz CT molecular complexity index is 2370. The number of aliphatic imine (C=N–C) groups is 1. The second-order valence-corrected chi connectivity index (χ2v) is 14.7. The smallest absolute Gasteiger partial charge is 0.305 e. The van der Waals surface area contributed by atoms with E-state index in [-0.39, 0.29) is 31.8 Å². The van der Waals surface area contributed by atoms with E-state index in [4.69, 9.17) is 11.5 Å². The number of nitrogens with one attached hydrogen (secondary N) is 6. The Hall–Kier alpha value is -6.97. The molecule has 302 valence electrons. The lowest BCUT2D eigenvalue weighted by molar-refractivity contribution is -0.141. The van der Waals surface area contributed by atoms with E-state index >= 15 is 0 Å². The number of fused-ring (bicyclic) bond motifs is 3. The van der Waals surface area contributed by atoms with Crippen molar-refractivity contribution in [3.05, 3.63) is 84.6 Å². The summed E-state index contributed by atoms with van der Waals surface area (Å²) in [5.74, 6) is -5.93. The number of carbonyl (C=O) groups is 6. The molecule has 1 saturated heterocycles. The largest absolute Gasteiger partial charge is 0.481 e. The second kappa shape index (κ2) is 17.9. The lowest BCUT2D eigenvalue weighted by atomic mass is 9.90. The van der Waals surface area contributed by atoms with Crippen molar-refractivity contribution in [2.75, 3.05) is 13.1 Å². The van der Waals surface area contributed by atoms with Crippen LogP contribution in [-0.4, -0.2) is 88.8 Å². The molecule has 0 spiro atoms. The normalized spacial score (nSPS) is 19.7. The van der Waals surface area contributed by atoms with E-state index in [1.54, 1.807) is 20.0 Å². The van der Waals surface area contributed by atoms with E-state index in [0.717, 1.165) is 43.6 Å². The maximum absolute atomic E-state index is 14.3. The Morgan fingerprint density at radius 2 is 1.41 bits per heavy atom. The van der Waals surface area contributed by atoms with Gasteiger partial charge in [-0.25, -0.2) is 0 Å². The molecule has 1 aliphatic rings. The molecule has 58 heavy (non-hydrogen) atoms. The van der Waals surface area contributed by atoms with Gasteiger partial charge in [0, 0.05) is 30.1 Å². The third-order valence-electron chi connectivity index (χ3n) is 10.2. The number of guanidine groups is 1. The first-order valence-corrected chi connectivity index (χ1v) is 19.1. The standard InChI is InChI=1S/C42H47N9O7/c1-22(2)36-41(58)49-30(15-8-16-45-42(43)44)38(55)47-21-33(52)48-32(19-34(53)54)39(56)50-31(40(57)51-36)18-25-20-46-37-28(25)13-7-14-29(37)35-26-11-5-3-9-23(26)17-24-10-4-6-12-27(24)35/h3-7,9-14,17,20,22,30-32,36,46H,8,15-16,18-19,21H2,1-2H3,(H,47,55)(H,48,52)(H,49,58)(H,50,56)(H,51,57)(H,53,54)(H4,43,44,45)/t30-,31+,32-,36-/m0/s1. The first-order valence-electron chi connectivity index (χ1n) is 19.1. The highest BCUT2D eigenvalue weighted by Gasteiger charge is 2.34. The lowest BCUT2D eigenvalue weighted by Gasteiger charge is -2.27. The molecule has 0 bridgehead atoms. The molecule has 0 aliphatic carbocycles. The number of nitrogens with two attached hydrogens (primary N) is 2. The summed E-state index contributed by atoms with van der Waals surface area (Å²) in [6.45, 7) is 2.96. The van der Waals surface area contributed by atoms with E-state index < -0.39 is 78.6 Å². The van der Waals surface area contributed by atoms with Crippen LogP contribution in [-0.2, 0) is 35.2 Å². The molecule has 1 aliphatic heterocycles. The number of carboxylic acid groups (broad SMARTS) is 1. The van der Waals surface area contributed by atoms with Gasteiger partial charge < -0.3 is 48.1 Å². The Labute approximate surface area is 333 Å². The minimum atomic E-state index is -1.60. The number of para-hydroxylation sites is 1. The van der Waals surface area contributed by atoms with Gasteiger partial charge in [0.15, 0.2) is 5.96 Å². The van der Waals surface area contributed by atoms with Crippen molar-refractivity contribution in [3.8, 4) is 11.1 Å². The van der Waals surface area contributed by atoms with Gasteiger partial charge in [-0.3, -0.25) is 33.8 Å². The molecule has 4 atom stereocenters. The molecule has 16 nitrogen and oxygen atoms in total. The van der Waals surface area contributed by atoms with Gasteiger partial charge in [0.05, 0.1) is 18.5 Å². The lowest BCUT2D eigenvalue weighted by Crippen LogP contribution is -2.59. The summed E-state index contributed by atoms with van der Waals surface area (Å²) in [4.78, 5) is 87.3. The molecule has 4 aromatic carbocycles. The average molecular weight is 790 g/mol. The first kappa shape index (κ1) is 40.7. The molecule has 1 aromatic heterocycles. The molecular weight excluding hydrogens is 743 g/mol. The van der Waals surface area contributed by atoms with Gasteiger partial charge in [0.2, 0.25) is 29.5 Å². The average Bonchev–Trinajstić information content (AvgIpc) is 3.60. The van der Waals surface area contributed by atoms with Crippen LogP contribution < -0.4 is 38.1 Å². The number of hydrogen-bond donors (Lipinski definition) is 9. The maximum atomic E-state index is 14.3. The van der Waals surface area contributed by atoms with Crippen LogP contribution in [0.15, 0.2) is 84.0 Å². The molecule has 0 radical (unpaired) electrons. The van der Waals surface area contributed by atoms with Crippen LogP contribution in [0.5, 0.6) is 0 Å². The fourth-order valence-electron chi connectivity index (χ4n) is 7.34. The molecule has 0 unspecified atom stereocenters. The molecule has 2 heterocycles. The van der Waals surface area contributed by atoms with Crippen molar-refractivity contribution in [2.24, 2.45) is 22.4 Å². The Balaban J connectivity index is 1.38. The number of benzene rings is 4.